The zero-order valence-electron chi connectivity index (χ0n) is 12.8. The maximum atomic E-state index is 12.1. The van der Waals surface area contributed by atoms with Gasteiger partial charge >= 0.3 is 6.03 Å². The first-order chi connectivity index (χ1) is 9.50. The van der Waals surface area contributed by atoms with E-state index in [4.69, 9.17) is 0 Å². The zero-order valence-corrected chi connectivity index (χ0v) is 12.8. The molecule has 0 aromatic rings. The number of nitrogens with zero attached hydrogens (tertiary/aromatic N) is 2. The molecule has 0 spiro atoms. The molecule has 0 bridgehead atoms. The number of hydrogen-bond donors (Lipinski definition) is 1. The van der Waals surface area contributed by atoms with E-state index in [0.29, 0.717) is 13.0 Å². The molecule has 2 rings (SSSR count). The minimum Gasteiger partial charge on any atom is -0.343 e. The molecular weight excluding hydrogens is 254 g/mol. The highest BCUT2D eigenvalue weighted by Crippen LogP contribution is 2.27. The van der Waals surface area contributed by atoms with E-state index >= 15 is 0 Å². The molecule has 0 unspecified atom stereocenters. The molecule has 114 valence electrons. The first-order valence-corrected chi connectivity index (χ1v) is 7.84. The van der Waals surface area contributed by atoms with Crippen LogP contribution in [0.2, 0.25) is 0 Å². The van der Waals surface area contributed by atoms with Crippen molar-refractivity contribution >= 4 is 11.9 Å². The van der Waals surface area contributed by atoms with Crippen LogP contribution in [0, 0.1) is 0 Å². The number of piperidine rings is 1. The Kier molecular flexibility index (Phi) is 4.89. The minimum absolute atomic E-state index is 0.0209. The lowest BCUT2D eigenvalue weighted by Crippen LogP contribution is -2.48. The molecule has 2 aliphatic rings. The van der Waals surface area contributed by atoms with E-state index in [9.17, 15) is 9.59 Å². The molecule has 0 aromatic heterocycles. The molecule has 5 nitrogen and oxygen atoms in total. The SMILES string of the molecule is CC1(C)CCCN1C(=O)NCCCN1CCCCC1=O. The van der Waals surface area contributed by atoms with Gasteiger partial charge in [-0.05, 0) is 46.0 Å². The van der Waals surface area contributed by atoms with Crippen LogP contribution in [-0.2, 0) is 4.79 Å². The molecular formula is C15H27N3O2. The minimum atomic E-state index is -0.0209. The van der Waals surface area contributed by atoms with Gasteiger partial charge in [0, 0.05) is 38.1 Å². The highest BCUT2D eigenvalue weighted by Gasteiger charge is 2.35. The van der Waals surface area contributed by atoms with Crippen molar-refractivity contribution in [3.63, 3.8) is 0 Å². The van der Waals surface area contributed by atoms with Gasteiger partial charge in [0.15, 0.2) is 0 Å². The summed E-state index contributed by atoms with van der Waals surface area (Å²) in [5.41, 5.74) is -0.0209. The number of carbonyl (C=O) groups is 2. The molecule has 2 saturated heterocycles. The van der Waals surface area contributed by atoms with Gasteiger partial charge in [0.05, 0.1) is 0 Å². The van der Waals surface area contributed by atoms with Gasteiger partial charge in [-0.1, -0.05) is 0 Å². The van der Waals surface area contributed by atoms with Crippen molar-refractivity contribution in [2.45, 2.75) is 57.9 Å². The molecule has 2 aliphatic heterocycles. The lowest BCUT2D eigenvalue weighted by molar-refractivity contribution is -0.133. The highest BCUT2D eigenvalue weighted by molar-refractivity contribution is 5.77. The van der Waals surface area contributed by atoms with Crippen LogP contribution in [-0.4, -0.2) is 53.5 Å². The zero-order chi connectivity index (χ0) is 14.6. The third kappa shape index (κ3) is 3.64. The number of hydrogen-bond acceptors (Lipinski definition) is 2. The summed E-state index contributed by atoms with van der Waals surface area (Å²) in [4.78, 5) is 27.6. The Labute approximate surface area is 121 Å². The summed E-state index contributed by atoms with van der Waals surface area (Å²) >= 11 is 0. The summed E-state index contributed by atoms with van der Waals surface area (Å²) in [6, 6.07) is 0.0393. The van der Waals surface area contributed by atoms with E-state index in [1.165, 1.54) is 0 Å². The molecule has 20 heavy (non-hydrogen) atoms. The van der Waals surface area contributed by atoms with Crippen LogP contribution in [0.25, 0.3) is 0 Å². The fourth-order valence-corrected chi connectivity index (χ4v) is 3.14. The summed E-state index contributed by atoms with van der Waals surface area (Å²) in [6.07, 6.45) is 5.82. The average molecular weight is 281 g/mol. The van der Waals surface area contributed by atoms with Crippen LogP contribution in [0.1, 0.15) is 52.4 Å². The fourth-order valence-electron chi connectivity index (χ4n) is 3.14. The van der Waals surface area contributed by atoms with Crippen LogP contribution >= 0.6 is 0 Å². The number of likely N-dealkylation sites (tertiary alicyclic amines) is 2. The smallest absolute Gasteiger partial charge is 0.317 e. The Bertz CT molecular complexity index is 368. The van der Waals surface area contributed by atoms with E-state index in [2.05, 4.69) is 19.2 Å². The van der Waals surface area contributed by atoms with E-state index in [0.717, 1.165) is 51.7 Å². The molecule has 3 amide bonds. The molecule has 0 radical (unpaired) electrons. The molecule has 0 aliphatic carbocycles. The standard InChI is InChI=1S/C15H27N3O2/c1-15(2)8-5-12-18(15)14(20)16-9-6-11-17-10-4-3-7-13(17)19/h3-12H2,1-2H3,(H,16,20). The molecule has 5 heteroatoms. The largest absolute Gasteiger partial charge is 0.343 e. The van der Waals surface area contributed by atoms with Crippen LogP contribution in [0.15, 0.2) is 0 Å². The molecule has 0 saturated carbocycles. The van der Waals surface area contributed by atoms with Crippen molar-refractivity contribution in [1.29, 1.82) is 0 Å². The van der Waals surface area contributed by atoms with Gasteiger partial charge in [0.2, 0.25) is 5.91 Å². The Hall–Kier alpha value is -1.26. The molecule has 1 N–H and O–H groups in total. The van der Waals surface area contributed by atoms with Crippen molar-refractivity contribution in [3.05, 3.63) is 0 Å². The summed E-state index contributed by atoms with van der Waals surface area (Å²) < 4.78 is 0. The van der Waals surface area contributed by atoms with Gasteiger partial charge < -0.3 is 15.1 Å². The maximum Gasteiger partial charge on any atom is 0.317 e. The van der Waals surface area contributed by atoms with Gasteiger partial charge in [-0.25, -0.2) is 4.79 Å². The second-order valence-electron chi connectivity index (χ2n) is 6.49. The van der Waals surface area contributed by atoms with Gasteiger partial charge in [0.1, 0.15) is 0 Å². The third-order valence-electron chi connectivity index (χ3n) is 4.45. The van der Waals surface area contributed by atoms with Crippen molar-refractivity contribution in [2.75, 3.05) is 26.2 Å². The van der Waals surface area contributed by atoms with Gasteiger partial charge in [0.25, 0.3) is 0 Å². The first-order valence-electron chi connectivity index (χ1n) is 7.84. The van der Waals surface area contributed by atoms with Crippen LogP contribution in [0.4, 0.5) is 4.79 Å². The summed E-state index contributed by atoms with van der Waals surface area (Å²) in [5, 5.41) is 2.98. The number of urea groups is 1. The van der Waals surface area contributed by atoms with Crippen molar-refractivity contribution in [1.82, 2.24) is 15.1 Å². The van der Waals surface area contributed by atoms with Gasteiger partial charge in [-0.3, -0.25) is 4.79 Å². The van der Waals surface area contributed by atoms with Crippen molar-refractivity contribution in [2.24, 2.45) is 0 Å². The van der Waals surface area contributed by atoms with E-state index < -0.39 is 0 Å². The predicted octanol–water partition coefficient (Wildman–Crippen LogP) is 1.97. The predicted molar refractivity (Wildman–Crippen MR) is 78.5 cm³/mol. The second kappa shape index (κ2) is 6.46. The summed E-state index contributed by atoms with van der Waals surface area (Å²) in [7, 11) is 0. The highest BCUT2D eigenvalue weighted by atomic mass is 16.2. The maximum absolute atomic E-state index is 12.1. The lowest BCUT2D eigenvalue weighted by Gasteiger charge is -2.32. The lowest BCUT2D eigenvalue weighted by atomic mass is 10.0. The number of amides is 3. The second-order valence-corrected chi connectivity index (χ2v) is 6.49. The fraction of sp³-hybridized carbons (Fsp3) is 0.867. The Morgan fingerprint density at radius 2 is 2.05 bits per heavy atom. The molecule has 0 atom stereocenters. The number of rotatable bonds is 4. The van der Waals surface area contributed by atoms with E-state index in [1.54, 1.807) is 0 Å². The number of carbonyl (C=O) groups excluding carboxylic acids is 2. The van der Waals surface area contributed by atoms with Gasteiger partial charge in [-0.15, -0.1) is 0 Å². The summed E-state index contributed by atoms with van der Waals surface area (Å²) in [6.45, 7) is 7.38. The summed E-state index contributed by atoms with van der Waals surface area (Å²) in [5.74, 6) is 0.267. The van der Waals surface area contributed by atoms with Crippen molar-refractivity contribution in [3.8, 4) is 0 Å². The number of nitrogens with one attached hydrogen (secondary N) is 1. The quantitative estimate of drug-likeness (QED) is 0.801. The van der Waals surface area contributed by atoms with E-state index in [1.807, 2.05) is 9.80 Å². The van der Waals surface area contributed by atoms with Crippen LogP contribution < -0.4 is 5.32 Å². The van der Waals surface area contributed by atoms with Crippen molar-refractivity contribution < 1.29 is 9.59 Å². The van der Waals surface area contributed by atoms with E-state index in [-0.39, 0.29) is 17.5 Å². The third-order valence-corrected chi connectivity index (χ3v) is 4.45. The van der Waals surface area contributed by atoms with Crippen LogP contribution in [0.3, 0.4) is 0 Å². The normalized spacial score (nSPS) is 22.2. The van der Waals surface area contributed by atoms with Crippen LogP contribution in [0.5, 0.6) is 0 Å². The molecule has 2 heterocycles. The monoisotopic (exact) mass is 281 g/mol. The Balaban J connectivity index is 1.65. The first kappa shape index (κ1) is 15.1. The average Bonchev–Trinajstić information content (AvgIpc) is 2.76. The Morgan fingerprint density at radius 1 is 1.25 bits per heavy atom. The molecule has 0 aromatic carbocycles. The topological polar surface area (TPSA) is 52.7 Å². The Morgan fingerprint density at radius 3 is 2.70 bits per heavy atom. The van der Waals surface area contributed by atoms with Gasteiger partial charge in [-0.2, -0.15) is 0 Å². The molecule has 2 fully saturated rings.